The minimum absolute atomic E-state index is 0.0240. The molecule has 2 aromatic carbocycles. The van der Waals surface area contributed by atoms with E-state index in [1.807, 2.05) is 57.0 Å². The fourth-order valence-corrected chi connectivity index (χ4v) is 3.08. The molecule has 2 rings (SSSR count). The lowest BCUT2D eigenvalue weighted by Gasteiger charge is -2.25. The van der Waals surface area contributed by atoms with E-state index in [-0.39, 0.29) is 24.4 Å². The van der Waals surface area contributed by atoms with E-state index >= 15 is 0 Å². The van der Waals surface area contributed by atoms with Crippen molar-refractivity contribution in [1.82, 2.24) is 10.2 Å². The number of halogens is 1. The number of carbonyl (C=O) groups excluding carboxylic acids is 2. The van der Waals surface area contributed by atoms with Gasteiger partial charge in [-0.25, -0.2) is 0 Å². The molecule has 28 heavy (non-hydrogen) atoms. The topological polar surface area (TPSA) is 61.4 Å². The summed E-state index contributed by atoms with van der Waals surface area (Å²) in [4.78, 5) is 26.9. The number of hydrogen-bond donors (Lipinski definition) is 2. The van der Waals surface area contributed by atoms with Crippen molar-refractivity contribution in [2.24, 2.45) is 5.92 Å². The van der Waals surface area contributed by atoms with Crippen LogP contribution in [0.1, 0.15) is 42.7 Å². The van der Waals surface area contributed by atoms with Gasteiger partial charge in [-0.15, -0.1) is 0 Å². The molecule has 5 nitrogen and oxygen atoms in total. The van der Waals surface area contributed by atoms with E-state index in [1.54, 1.807) is 24.3 Å². The molecule has 1 unspecified atom stereocenters. The zero-order valence-electron chi connectivity index (χ0n) is 16.8. The number of nitrogens with zero attached hydrogens (tertiary/aromatic N) is 1. The Kier molecular flexibility index (Phi) is 8.03. The summed E-state index contributed by atoms with van der Waals surface area (Å²) >= 11 is 6.27. The molecule has 0 spiro atoms. The second kappa shape index (κ2) is 10.2. The Balaban J connectivity index is 2.03. The van der Waals surface area contributed by atoms with Crippen LogP contribution in [0.15, 0.2) is 48.5 Å². The monoisotopic (exact) mass is 401 g/mol. The van der Waals surface area contributed by atoms with Crippen molar-refractivity contribution in [3.8, 4) is 0 Å². The van der Waals surface area contributed by atoms with Crippen LogP contribution in [0, 0.1) is 5.92 Å². The summed E-state index contributed by atoms with van der Waals surface area (Å²) in [7, 11) is 1.87. The minimum atomic E-state index is -0.192. The Hall–Kier alpha value is -2.37. The van der Waals surface area contributed by atoms with Crippen molar-refractivity contribution in [1.29, 1.82) is 0 Å². The highest BCUT2D eigenvalue weighted by Crippen LogP contribution is 2.26. The molecule has 2 aromatic rings. The maximum atomic E-state index is 12.6. The Morgan fingerprint density at radius 1 is 1.04 bits per heavy atom. The van der Waals surface area contributed by atoms with Crippen LogP contribution < -0.4 is 10.6 Å². The molecule has 0 saturated heterocycles. The highest BCUT2D eigenvalue weighted by Gasteiger charge is 2.18. The molecular weight excluding hydrogens is 374 g/mol. The average molecular weight is 402 g/mol. The second-order valence-electron chi connectivity index (χ2n) is 7.31. The Morgan fingerprint density at radius 3 is 2.36 bits per heavy atom. The number of hydrogen-bond acceptors (Lipinski definition) is 3. The van der Waals surface area contributed by atoms with Crippen molar-refractivity contribution in [3.05, 3.63) is 64.7 Å². The van der Waals surface area contributed by atoms with E-state index in [1.165, 1.54) is 0 Å². The van der Waals surface area contributed by atoms with Gasteiger partial charge < -0.3 is 10.6 Å². The smallest absolute Gasteiger partial charge is 0.253 e. The first kappa shape index (κ1) is 21.9. The molecule has 6 heteroatoms. The van der Waals surface area contributed by atoms with Gasteiger partial charge in [-0.05, 0) is 43.7 Å². The highest BCUT2D eigenvalue weighted by molar-refractivity contribution is 6.31. The fourth-order valence-electron chi connectivity index (χ4n) is 2.79. The number of anilines is 1. The van der Waals surface area contributed by atoms with Crippen molar-refractivity contribution in [3.63, 3.8) is 0 Å². The second-order valence-corrected chi connectivity index (χ2v) is 7.72. The van der Waals surface area contributed by atoms with Gasteiger partial charge in [-0.2, -0.15) is 0 Å². The van der Waals surface area contributed by atoms with Crippen molar-refractivity contribution in [2.75, 3.05) is 25.5 Å². The van der Waals surface area contributed by atoms with Gasteiger partial charge in [0.25, 0.3) is 5.91 Å². The van der Waals surface area contributed by atoms with Crippen LogP contribution in [-0.2, 0) is 4.79 Å². The highest BCUT2D eigenvalue weighted by atomic mass is 35.5. The van der Waals surface area contributed by atoms with Gasteiger partial charge >= 0.3 is 0 Å². The van der Waals surface area contributed by atoms with Crippen LogP contribution >= 0.6 is 11.6 Å². The molecule has 0 aliphatic rings. The molecule has 0 aromatic heterocycles. The number of amides is 2. The maximum Gasteiger partial charge on any atom is 0.253 e. The third-order valence-corrected chi connectivity index (χ3v) is 4.87. The van der Waals surface area contributed by atoms with Crippen molar-refractivity contribution >= 4 is 29.1 Å². The molecule has 0 bridgehead atoms. The summed E-state index contributed by atoms with van der Waals surface area (Å²) in [5.74, 6) is -0.0291. The first-order valence-corrected chi connectivity index (χ1v) is 9.79. The number of likely N-dealkylation sites (N-methyl/N-ethyl adjacent to an activating group) is 1. The lowest BCUT2D eigenvalue weighted by atomic mass is 10.1. The van der Waals surface area contributed by atoms with Crippen molar-refractivity contribution < 1.29 is 9.59 Å². The van der Waals surface area contributed by atoms with Gasteiger partial charge in [-0.3, -0.25) is 14.5 Å². The zero-order valence-corrected chi connectivity index (χ0v) is 17.6. The van der Waals surface area contributed by atoms with Crippen LogP contribution in [0.4, 0.5) is 5.69 Å². The normalized spacial score (nSPS) is 12.1. The minimum Gasteiger partial charge on any atom is -0.352 e. The quantitative estimate of drug-likeness (QED) is 0.690. The standard InChI is InChI=1S/C22H28ClN3O2/c1-15(2)13-24-22(28)18-10-6-8-12-20(18)25-21(27)14-26(4)16(3)17-9-5-7-11-19(17)23/h5-12,15-16H,13-14H2,1-4H3,(H,24,28)(H,25,27). The third-order valence-electron chi connectivity index (χ3n) is 4.53. The van der Waals surface area contributed by atoms with Crippen LogP contribution in [0.3, 0.4) is 0 Å². The van der Waals surface area contributed by atoms with E-state index in [0.29, 0.717) is 28.7 Å². The Bertz CT molecular complexity index is 823. The first-order valence-electron chi connectivity index (χ1n) is 9.41. The summed E-state index contributed by atoms with van der Waals surface area (Å²) in [6.45, 7) is 6.82. The molecule has 1 atom stereocenters. The molecule has 0 radical (unpaired) electrons. The van der Waals surface area contributed by atoms with Crippen LogP contribution in [0.5, 0.6) is 0 Å². The first-order chi connectivity index (χ1) is 13.3. The lowest BCUT2D eigenvalue weighted by molar-refractivity contribution is -0.117. The summed E-state index contributed by atoms with van der Waals surface area (Å²) < 4.78 is 0. The van der Waals surface area contributed by atoms with E-state index in [2.05, 4.69) is 10.6 Å². The van der Waals surface area contributed by atoms with Gasteiger partial charge in [0.15, 0.2) is 0 Å². The van der Waals surface area contributed by atoms with E-state index in [0.717, 1.165) is 5.56 Å². The Morgan fingerprint density at radius 2 is 1.68 bits per heavy atom. The SMILES string of the molecule is CC(C)CNC(=O)c1ccccc1NC(=O)CN(C)C(C)c1ccccc1Cl. The molecule has 2 N–H and O–H groups in total. The Labute approximate surface area is 172 Å². The number of rotatable bonds is 8. The average Bonchev–Trinajstić information content (AvgIpc) is 2.66. The van der Waals surface area contributed by atoms with E-state index < -0.39 is 0 Å². The molecule has 2 amide bonds. The van der Waals surface area contributed by atoms with Crippen LogP contribution in [-0.4, -0.2) is 36.9 Å². The molecule has 0 heterocycles. The lowest BCUT2D eigenvalue weighted by Crippen LogP contribution is -2.33. The number of nitrogens with one attached hydrogen (secondary N) is 2. The molecular formula is C22H28ClN3O2. The van der Waals surface area contributed by atoms with Gasteiger partial charge in [0, 0.05) is 17.6 Å². The molecule has 0 aliphatic heterocycles. The molecule has 150 valence electrons. The van der Waals surface area contributed by atoms with Gasteiger partial charge in [0.2, 0.25) is 5.91 Å². The van der Waals surface area contributed by atoms with E-state index in [9.17, 15) is 9.59 Å². The largest absolute Gasteiger partial charge is 0.352 e. The number of para-hydroxylation sites is 1. The predicted octanol–water partition coefficient (Wildman–Crippen LogP) is 4.36. The van der Waals surface area contributed by atoms with E-state index in [4.69, 9.17) is 11.6 Å². The van der Waals surface area contributed by atoms with Crippen LogP contribution in [0.25, 0.3) is 0 Å². The van der Waals surface area contributed by atoms with Gasteiger partial charge in [0.05, 0.1) is 17.8 Å². The van der Waals surface area contributed by atoms with Gasteiger partial charge in [0.1, 0.15) is 0 Å². The summed E-state index contributed by atoms with van der Waals surface area (Å²) in [5.41, 5.74) is 1.93. The summed E-state index contributed by atoms with van der Waals surface area (Å²) in [6.07, 6.45) is 0. The number of benzene rings is 2. The summed E-state index contributed by atoms with van der Waals surface area (Å²) in [5, 5.41) is 6.42. The molecule has 0 saturated carbocycles. The molecule has 0 aliphatic carbocycles. The molecule has 0 fully saturated rings. The maximum absolute atomic E-state index is 12.6. The van der Waals surface area contributed by atoms with Gasteiger partial charge in [-0.1, -0.05) is 55.8 Å². The van der Waals surface area contributed by atoms with Crippen molar-refractivity contribution in [2.45, 2.75) is 26.8 Å². The third kappa shape index (κ3) is 6.08. The zero-order chi connectivity index (χ0) is 20.7. The number of carbonyl (C=O) groups is 2. The predicted molar refractivity (Wildman–Crippen MR) is 115 cm³/mol. The summed E-state index contributed by atoms with van der Waals surface area (Å²) in [6, 6.07) is 14.6. The fraction of sp³-hybridized carbons (Fsp3) is 0.364. The van der Waals surface area contributed by atoms with Crippen LogP contribution in [0.2, 0.25) is 5.02 Å².